The van der Waals surface area contributed by atoms with Gasteiger partial charge in [-0.25, -0.2) is 9.50 Å². The SMILES string of the molecule is Cc1cc(C)n2nc(CC(=O)OCC(=O)NCc3ccc4c(c3)OCO4)nc2n1. The van der Waals surface area contributed by atoms with Gasteiger partial charge in [0, 0.05) is 17.9 Å². The molecule has 10 heteroatoms. The van der Waals surface area contributed by atoms with E-state index in [9.17, 15) is 9.59 Å². The molecule has 150 valence electrons. The lowest BCUT2D eigenvalue weighted by Gasteiger charge is -2.07. The van der Waals surface area contributed by atoms with Crippen LogP contribution in [0.5, 0.6) is 11.5 Å². The van der Waals surface area contributed by atoms with E-state index in [0.29, 0.717) is 17.3 Å². The van der Waals surface area contributed by atoms with Crippen LogP contribution in [0.15, 0.2) is 24.3 Å². The summed E-state index contributed by atoms with van der Waals surface area (Å²) in [5.41, 5.74) is 2.53. The number of aryl methyl sites for hydroxylation is 2. The normalized spacial score (nSPS) is 12.2. The number of ether oxygens (including phenoxy) is 3. The van der Waals surface area contributed by atoms with Gasteiger partial charge in [-0.1, -0.05) is 6.07 Å². The fourth-order valence-electron chi connectivity index (χ4n) is 2.91. The molecule has 0 unspecified atom stereocenters. The first-order valence-electron chi connectivity index (χ1n) is 8.99. The number of aromatic nitrogens is 4. The third kappa shape index (κ3) is 4.26. The molecule has 29 heavy (non-hydrogen) atoms. The third-order valence-corrected chi connectivity index (χ3v) is 4.26. The number of esters is 1. The molecule has 0 radical (unpaired) electrons. The summed E-state index contributed by atoms with van der Waals surface area (Å²) in [7, 11) is 0. The smallest absolute Gasteiger partial charge is 0.314 e. The van der Waals surface area contributed by atoms with Crippen LogP contribution in [0.3, 0.4) is 0 Å². The average molecular weight is 397 g/mol. The highest BCUT2D eigenvalue weighted by Crippen LogP contribution is 2.32. The molecule has 0 atom stereocenters. The Morgan fingerprint density at radius 3 is 2.86 bits per heavy atom. The Hall–Kier alpha value is -3.69. The van der Waals surface area contributed by atoms with Crippen LogP contribution < -0.4 is 14.8 Å². The van der Waals surface area contributed by atoms with Gasteiger partial charge in [-0.15, -0.1) is 5.10 Å². The Morgan fingerprint density at radius 1 is 1.17 bits per heavy atom. The minimum absolute atomic E-state index is 0.142. The second-order valence-electron chi connectivity index (χ2n) is 6.58. The number of amides is 1. The lowest BCUT2D eigenvalue weighted by Crippen LogP contribution is -2.28. The van der Waals surface area contributed by atoms with Crippen molar-refractivity contribution in [2.24, 2.45) is 0 Å². The number of nitrogens with one attached hydrogen (secondary N) is 1. The van der Waals surface area contributed by atoms with Crippen molar-refractivity contribution >= 4 is 17.7 Å². The molecule has 0 bridgehead atoms. The molecular formula is C19H19N5O5. The van der Waals surface area contributed by atoms with E-state index < -0.39 is 11.9 Å². The van der Waals surface area contributed by atoms with Crippen LogP contribution in [0.2, 0.25) is 0 Å². The molecule has 10 nitrogen and oxygen atoms in total. The molecule has 0 spiro atoms. The monoisotopic (exact) mass is 397 g/mol. The van der Waals surface area contributed by atoms with E-state index in [4.69, 9.17) is 14.2 Å². The van der Waals surface area contributed by atoms with Crippen molar-refractivity contribution < 1.29 is 23.8 Å². The fourth-order valence-corrected chi connectivity index (χ4v) is 2.91. The number of rotatable bonds is 6. The van der Waals surface area contributed by atoms with Crippen molar-refractivity contribution in [3.05, 3.63) is 47.0 Å². The number of nitrogens with zero attached hydrogens (tertiary/aromatic N) is 4. The number of benzene rings is 1. The van der Waals surface area contributed by atoms with Gasteiger partial charge in [0.15, 0.2) is 23.9 Å². The van der Waals surface area contributed by atoms with Crippen LogP contribution in [-0.4, -0.2) is 44.9 Å². The van der Waals surface area contributed by atoms with E-state index in [2.05, 4.69) is 20.4 Å². The van der Waals surface area contributed by atoms with Crippen LogP contribution in [0.25, 0.3) is 5.78 Å². The Balaban J connectivity index is 1.26. The van der Waals surface area contributed by atoms with E-state index >= 15 is 0 Å². The van der Waals surface area contributed by atoms with Gasteiger partial charge in [0.2, 0.25) is 6.79 Å². The van der Waals surface area contributed by atoms with Crippen LogP contribution in [-0.2, 0) is 27.3 Å². The van der Waals surface area contributed by atoms with Gasteiger partial charge in [0.1, 0.15) is 6.42 Å². The predicted octanol–water partition coefficient (Wildman–Crippen LogP) is 0.872. The molecule has 1 N–H and O–H groups in total. The lowest BCUT2D eigenvalue weighted by atomic mass is 10.2. The van der Waals surface area contributed by atoms with E-state index in [0.717, 1.165) is 17.0 Å². The number of carbonyl (C=O) groups is 2. The van der Waals surface area contributed by atoms with Crippen LogP contribution in [0.1, 0.15) is 22.8 Å². The maximum atomic E-state index is 12.0. The topological polar surface area (TPSA) is 117 Å². The fraction of sp³-hybridized carbons (Fsp3) is 0.316. The zero-order chi connectivity index (χ0) is 20.4. The number of hydrogen-bond donors (Lipinski definition) is 1. The minimum Gasteiger partial charge on any atom is -0.455 e. The van der Waals surface area contributed by atoms with Gasteiger partial charge in [-0.3, -0.25) is 9.59 Å². The van der Waals surface area contributed by atoms with Gasteiger partial charge in [0.05, 0.1) is 0 Å². The first kappa shape index (κ1) is 18.7. The van der Waals surface area contributed by atoms with Crippen LogP contribution >= 0.6 is 0 Å². The summed E-state index contributed by atoms with van der Waals surface area (Å²) in [5.74, 6) is 1.03. The second kappa shape index (κ2) is 7.74. The second-order valence-corrected chi connectivity index (χ2v) is 6.58. The quantitative estimate of drug-likeness (QED) is 0.609. The number of carbonyl (C=O) groups excluding carboxylic acids is 2. The molecule has 0 aliphatic carbocycles. The van der Waals surface area contributed by atoms with Gasteiger partial charge in [-0.05, 0) is 37.6 Å². The van der Waals surface area contributed by atoms with E-state index in [1.54, 1.807) is 16.6 Å². The summed E-state index contributed by atoms with van der Waals surface area (Å²) in [6.07, 6.45) is -0.142. The zero-order valence-corrected chi connectivity index (χ0v) is 16.0. The number of fused-ring (bicyclic) bond motifs is 2. The first-order chi connectivity index (χ1) is 14.0. The largest absolute Gasteiger partial charge is 0.455 e. The van der Waals surface area contributed by atoms with Crippen molar-refractivity contribution in [3.63, 3.8) is 0 Å². The third-order valence-electron chi connectivity index (χ3n) is 4.26. The van der Waals surface area contributed by atoms with Crippen molar-refractivity contribution in [2.45, 2.75) is 26.8 Å². The summed E-state index contributed by atoms with van der Waals surface area (Å²) < 4.78 is 17.1. The molecule has 3 heterocycles. The Morgan fingerprint density at radius 2 is 2.00 bits per heavy atom. The van der Waals surface area contributed by atoms with Gasteiger partial charge in [-0.2, -0.15) is 4.98 Å². The van der Waals surface area contributed by atoms with Crippen molar-refractivity contribution in [2.75, 3.05) is 13.4 Å². The number of hydrogen-bond acceptors (Lipinski definition) is 8. The van der Waals surface area contributed by atoms with Crippen molar-refractivity contribution in [3.8, 4) is 11.5 Å². The Bertz CT molecular complexity index is 1090. The molecule has 2 aromatic heterocycles. The Kier molecular flexibility index (Phi) is 4.98. The summed E-state index contributed by atoms with van der Waals surface area (Å²) in [5, 5.41) is 6.93. The summed E-state index contributed by atoms with van der Waals surface area (Å²) in [4.78, 5) is 32.4. The average Bonchev–Trinajstić information content (AvgIpc) is 3.30. The van der Waals surface area contributed by atoms with Crippen LogP contribution in [0.4, 0.5) is 0 Å². The van der Waals surface area contributed by atoms with Crippen molar-refractivity contribution in [1.29, 1.82) is 0 Å². The van der Waals surface area contributed by atoms with Gasteiger partial charge in [0.25, 0.3) is 11.7 Å². The molecule has 1 amide bonds. The highest BCUT2D eigenvalue weighted by molar-refractivity contribution is 5.81. The first-order valence-corrected chi connectivity index (χ1v) is 8.99. The molecule has 3 aromatic rings. The summed E-state index contributed by atoms with van der Waals surface area (Å²) >= 11 is 0. The van der Waals surface area contributed by atoms with Gasteiger partial charge < -0.3 is 19.5 Å². The van der Waals surface area contributed by atoms with E-state index in [1.165, 1.54) is 0 Å². The predicted molar refractivity (Wildman–Crippen MR) is 99.3 cm³/mol. The molecule has 0 fully saturated rings. The van der Waals surface area contributed by atoms with Crippen LogP contribution in [0, 0.1) is 13.8 Å². The maximum Gasteiger partial charge on any atom is 0.314 e. The Labute approximate surface area is 165 Å². The molecule has 0 saturated heterocycles. The highest BCUT2D eigenvalue weighted by Gasteiger charge is 2.15. The van der Waals surface area contributed by atoms with Crippen molar-refractivity contribution in [1.82, 2.24) is 24.9 Å². The highest BCUT2D eigenvalue weighted by atomic mass is 16.7. The molecule has 0 saturated carbocycles. The molecule has 1 aliphatic heterocycles. The van der Waals surface area contributed by atoms with Gasteiger partial charge >= 0.3 is 5.97 Å². The summed E-state index contributed by atoms with van der Waals surface area (Å²) in [6.45, 7) is 3.83. The molecule has 1 aromatic carbocycles. The minimum atomic E-state index is -0.589. The van der Waals surface area contributed by atoms with E-state index in [1.807, 2.05) is 26.0 Å². The summed E-state index contributed by atoms with van der Waals surface area (Å²) in [6, 6.07) is 7.27. The molecular weight excluding hydrogens is 378 g/mol. The zero-order valence-electron chi connectivity index (χ0n) is 16.0. The van der Waals surface area contributed by atoms with E-state index in [-0.39, 0.29) is 32.2 Å². The molecule has 1 aliphatic rings. The maximum absolute atomic E-state index is 12.0. The lowest BCUT2D eigenvalue weighted by molar-refractivity contribution is -0.148. The standard InChI is InChI=1S/C19H19N5O5/c1-11-5-12(2)24-19(21-11)22-16(23-24)7-18(26)27-9-17(25)20-8-13-3-4-14-15(6-13)29-10-28-14/h3-6H,7-10H2,1-2H3,(H,20,25). The molecule has 4 rings (SSSR count).